The van der Waals surface area contributed by atoms with Gasteiger partial charge in [-0.3, -0.25) is 14.6 Å². The number of ether oxygens (including phenoxy) is 2. The number of amides is 2. The normalized spacial score (nSPS) is 10.2. The molecule has 0 saturated heterocycles. The van der Waals surface area contributed by atoms with Gasteiger partial charge in [-0.25, -0.2) is 0 Å². The van der Waals surface area contributed by atoms with E-state index >= 15 is 0 Å². The summed E-state index contributed by atoms with van der Waals surface area (Å²) in [7, 11) is 3.06. The fourth-order valence-corrected chi connectivity index (χ4v) is 3.09. The number of hydrogen-bond donors (Lipinski definition) is 2. The summed E-state index contributed by atoms with van der Waals surface area (Å²) >= 11 is 2.11. The third kappa shape index (κ3) is 5.02. The highest BCUT2D eigenvalue weighted by molar-refractivity contribution is 14.1. The molecule has 2 N–H and O–H groups in total. The van der Waals surface area contributed by atoms with Crippen molar-refractivity contribution >= 4 is 45.8 Å². The van der Waals surface area contributed by atoms with E-state index < -0.39 is 0 Å². The number of halogens is 1. The highest BCUT2D eigenvalue weighted by Crippen LogP contribution is 2.30. The minimum atomic E-state index is -0.381. The molecule has 0 aliphatic heterocycles. The number of rotatable bonds is 6. The molecule has 2 aromatic carbocycles. The summed E-state index contributed by atoms with van der Waals surface area (Å²) in [5, 5.41) is 5.60. The minimum Gasteiger partial charge on any atom is -0.497 e. The van der Waals surface area contributed by atoms with Crippen molar-refractivity contribution in [2.75, 3.05) is 24.9 Å². The molecule has 8 heteroatoms. The average molecular weight is 503 g/mol. The Morgan fingerprint density at radius 1 is 0.931 bits per heavy atom. The third-order valence-corrected chi connectivity index (χ3v) is 4.73. The van der Waals surface area contributed by atoms with Gasteiger partial charge in [-0.1, -0.05) is 0 Å². The molecular formula is C21H18IN3O4. The Kier molecular flexibility index (Phi) is 6.65. The van der Waals surface area contributed by atoms with Crippen LogP contribution < -0.4 is 20.1 Å². The van der Waals surface area contributed by atoms with Crippen LogP contribution >= 0.6 is 22.6 Å². The van der Waals surface area contributed by atoms with Crippen LogP contribution in [0.25, 0.3) is 0 Å². The van der Waals surface area contributed by atoms with E-state index in [1.165, 1.54) is 13.3 Å². The van der Waals surface area contributed by atoms with Crippen LogP contribution in [0.4, 0.5) is 11.4 Å². The Morgan fingerprint density at radius 2 is 1.69 bits per heavy atom. The lowest BCUT2D eigenvalue weighted by Crippen LogP contribution is -2.19. The van der Waals surface area contributed by atoms with Crippen molar-refractivity contribution < 1.29 is 19.1 Å². The second-order valence-electron chi connectivity index (χ2n) is 5.91. The number of nitrogens with zero attached hydrogens (tertiary/aromatic N) is 1. The van der Waals surface area contributed by atoms with Crippen LogP contribution in [-0.4, -0.2) is 31.0 Å². The molecule has 0 aliphatic rings. The molecule has 0 unspecified atom stereocenters. The SMILES string of the molecule is COc1ccc(NC(=O)c2cc(I)ccc2NC(=O)c2cccnc2)c(OC)c1. The fraction of sp³-hybridized carbons (Fsp3) is 0.0952. The van der Waals surface area contributed by atoms with Crippen molar-refractivity contribution in [2.45, 2.75) is 0 Å². The molecule has 0 saturated carbocycles. The van der Waals surface area contributed by atoms with Gasteiger partial charge in [0.05, 0.1) is 36.7 Å². The molecule has 0 radical (unpaired) electrons. The van der Waals surface area contributed by atoms with Crippen molar-refractivity contribution in [2.24, 2.45) is 0 Å². The molecule has 1 heterocycles. The van der Waals surface area contributed by atoms with Gasteiger partial charge < -0.3 is 20.1 Å². The van der Waals surface area contributed by atoms with E-state index in [4.69, 9.17) is 9.47 Å². The van der Waals surface area contributed by atoms with Crippen molar-refractivity contribution in [3.05, 3.63) is 75.6 Å². The summed E-state index contributed by atoms with van der Waals surface area (Å²) < 4.78 is 11.4. The van der Waals surface area contributed by atoms with Crippen molar-refractivity contribution in [3.8, 4) is 11.5 Å². The van der Waals surface area contributed by atoms with Crippen LogP contribution in [0.2, 0.25) is 0 Å². The number of carbonyl (C=O) groups is 2. The lowest BCUT2D eigenvalue weighted by atomic mass is 10.1. The van der Waals surface area contributed by atoms with Crippen molar-refractivity contribution in [1.82, 2.24) is 4.98 Å². The maximum absolute atomic E-state index is 13.0. The maximum atomic E-state index is 13.0. The molecule has 29 heavy (non-hydrogen) atoms. The first-order chi connectivity index (χ1) is 14.0. The Morgan fingerprint density at radius 3 is 2.38 bits per heavy atom. The Hall–Kier alpha value is -3.14. The van der Waals surface area contributed by atoms with Gasteiger partial charge in [0.15, 0.2) is 0 Å². The van der Waals surface area contributed by atoms with Gasteiger partial charge in [-0.2, -0.15) is 0 Å². The van der Waals surface area contributed by atoms with E-state index in [2.05, 4.69) is 38.2 Å². The average Bonchev–Trinajstić information content (AvgIpc) is 2.75. The van der Waals surface area contributed by atoms with Gasteiger partial charge in [0, 0.05) is 22.0 Å². The Labute approximate surface area is 181 Å². The predicted molar refractivity (Wildman–Crippen MR) is 119 cm³/mol. The van der Waals surface area contributed by atoms with Crippen molar-refractivity contribution in [3.63, 3.8) is 0 Å². The molecule has 0 atom stereocenters. The first kappa shape index (κ1) is 20.6. The Balaban J connectivity index is 1.87. The van der Waals surface area contributed by atoms with Crippen LogP contribution in [0.5, 0.6) is 11.5 Å². The topological polar surface area (TPSA) is 89.6 Å². The summed E-state index contributed by atoms with van der Waals surface area (Å²) in [6.07, 6.45) is 3.05. The number of aromatic nitrogens is 1. The van der Waals surface area contributed by atoms with Crippen LogP contribution in [0.3, 0.4) is 0 Å². The molecular weight excluding hydrogens is 485 g/mol. The van der Waals surface area contributed by atoms with E-state index in [-0.39, 0.29) is 11.8 Å². The zero-order valence-corrected chi connectivity index (χ0v) is 17.9. The summed E-state index contributed by atoms with van der Waals surface area (Å²) in [4.78, 5) is 29.4. The van der Waals surface area contributed by atoms with Crippen molar-refractivity contribution in [1.29, 1.82) is 0 Å². The van der Waals surface area contributed by atoms with Gasteiger partial charge >= 0.3 is 0 Å². The second-order valence-corrected chi connectivity index (χ2v) is 7.15. The predicted octanol–water partition coefficient (Wildman–Crippen LogP) is 4.21. The van der Waals surface area contributed by atoms with E-state index in [9.17, 15) is 9.59 Å². The molecule has 0 fully saturated rings. The molecule has 148 valence electrons. The van der Waals surface area contributed by atoms with Crippen LogP contribution in [0, 0.1) is 3.57 Å². The number of benzene rings is 2. The number of carbonyl (C=O) groups excluding carboxylic acids is 2. The molecule has 3 aromatic rings. The molecule has 0 spiro atoms. The van der Waals surface area contributed by atoms with Gasteiger partial charge in [-0.15, -0.1) is 0 Å². The highest BCUT2D eigenvalue weighted by atomic mass is 127. The van der Waals surface area contributed by atoms with E-state index in [0.717, 1.165) is 3.57 Å². The summed E-state index contributed by atoms with van der Waals surface area (Å²) in [5.41, 5.74) is 1.60. The van der Waals surface area contributed by atoms with E-state index in [1.807, 2.05) is 6.07 Å². The number of hydrogen-bond acceptors (Lipinski definition) is 5. The molecule has 2 amide bonds. The molecule has 0 aliphatic carbocycles. The number of nitrogens with one attached hydrogen (secondary N) is 2. The largest absolute Gasteiger partial charge is 0.497 e. The smallest absolute Gasteiger partial charge is 0.257 e. The van der Waals surface area contributed by atoms with E-state index in [0.29, 0.717) is 34.0 Å². The number of anilines is 2. The Bertz CT molecular complexity index is 1040. The monoisotopic (exact) mass is 503 g/mol. The molecule has 1 aromatic heterocycles. The van der Waals surface area contributed by atoms with Crippen LogP contribution in [0.15, 0.2) is 60.9 Å². The zero-order valence-electron chi connectivity index (χ0n) is 15.7. The fourth-order valence-electron chi connectivity index (χ4n) is 2.60. The second kappa shape index (κ2) is 9.37. The first-order valence-corrected chi connectivity index (χ1v) is 9.64. The van der Waals surface area contributed by atoms with Crippen LogP contribution in [-0.2, 0) is 0 Å². The molecule has 7 nitrogen and oxygen atoms in total. The van der Waals surface area contributed by atoms with Gasteiger partial charge in [0.2, 0.25) is 0 Å². The molecule has 3 rings (SSSR count). The minimum absolute atomic E-state index is 0.326. The quantitative estimate of drug-likeness (QED) is 0.493. The summed E-state index contributed by atoms with van der Waals surface area (Å²) in [6.45, 7) is 0. The third-order valence-electron chi connectivity index (χ3n) is 4.06. The number of pyridine rings is 1. The van der Waals surface area contributed by atoms with Gasteiger partial charge in [-0.05, 0) is 65.1 Å². The lowest BCUT2D eigenvalue weighted by molar-refractivity contribution is 0.102. The summed E-state index contributed by atoms with van der Waals surface area (Å²) in [6, 6.07) is 13.6. The van der Waals surface area contributed by atoms with Gasteiger partial charge in [0.1, 0.15) is 11.5 Å². The van der Waals surface area contributed by atoms with E-state index in [1.54, 1.807) is 55.8 Å². The highest BCUT2D eigenvalue weighted by Gasteiger charge is 2.17. The zero-order chi connectivity index (χ0) is 20.8. The maximum Gasteiger partial charge on any atom is 0.257 e. The molecule has 0 bridgehead atoms. The number of methoxy groups -OCH3 is 2. The van der Waals surface area contributed by atoms with Gasteiger partial charge in [0.25, 0.3) is 11.8 Å². The summed E-state index contributed by atoms with van der Waals surface area (Å²) in [5.74, 6) is 0.340. The van der Waals surface area contributed by atoms with Crippen LogP contribution in [0.1, 0.15) is 20.7 Å². The first-order valence-electron chi connectivity index (χ1n) is 8.56. The standard InChI is InChI=1S/C21H18IN3O4/c1-28-15-6-8-18(19(11-15)29-2)25-21(27)16-10-14(22)5-7-17(16)24-20(26)13-4-3-9-23-12-13/h3-12H,1-2H3,(H,24,26)(H,25,27). The lowest BCUT2D eigenvalue weighted by Gasteiger charge is -2.14.